The van der Waals surface area contributed by atoms with Crippen LogP contribution in [0.3, 0.4) is 0 Å². The van der Waals surface area contributed by atoms with Gasteiger partial charge in [-0.3, -0.25) is 9.69 Å². The molecule has 0 spiro atoms. The number of hydrogen-bond donors (Lipinski definition) is 0. The summed E-state index contributed by atoms with van der Waals surface area (Å²) in [5.41, 5.74) is 0.844. The van der Waals surface area contributed by atoms with Gasteiger partial charge in [0.1, 0.15) is 25.4 Å². The van der Waals surface area contributed by atoms with Crippen molar-refractivity contribution in [1.82, 2.24) is 4.90 Å². The molecule has 0 bridgehead atoms. The zero-order chi connectivity index (χ0) is 24.7. The summed E-state index contributed by atoms with van der Waals surface area (Å²) in [5.74, 6) is -1.09. The highest BCUT2D eigenvalue weighted by molar-refractivity contribution is 5.83. The molecule has 0 N–H and O–H groups in total. The number of likely N-dealkylation sites (tertiary alicyclic amines) is 1. The standard InChI is InChI=1S/C26H31NO7/c1-26(2,3)24(29)34-21-15-20(23(28)32-16-18-11-7-5-8-12-18)27(22(21)31-4)25(30)33-17-19-13-9-6-10-14-19/h5-14,20-22H,15-17H2,1-4H3/t20-,21-,22+/m0/s1. The molecular formula is C26H31NO7. The summed E-state index contributed by atoms with van der Waals surface area (Å²) >= 11 is 0. The molecule has 0 unspecified atom stereocenters. The second-order valence-electron chi connectivity index (χ2n) is 9.11. The molecule has 8 heteroatoms. The lowest BCUT2D eigenvalue weighted by atomic mass is 9.97. The molecule has 3 rings (SSSR count). The fourth-order valence-corrected chi connectivity index (χ4v) is 3.55. The maximum Gasteiger partial charge on any atom is 0.413 e. The molecule has 3 atom stereocenters. The Morgan fingerprint density at radius 2 is 1.41 bits per heavy atom. The van der Waals surface area contributed by atoms with Crippen LogP contribution in [0.4, 0.5) is 4.79 Å². The molecule has 0 aliphatic carbocycles. The Balaban J connectivity index is 1.77. The normalized spacial score (nSPS) is 20.0. The molecule has 1 saturated heterocycles. The van der Waals surface area contributed by atoms with Crippen molar-refractivity contribution in [3.63, 3.8) is 0 Å². The van der Waals surface area contributed by atoms with Gasteiger partial charge >= 0.3 is 18.0 Å². The Bertz CT molecular complexity index is 972. The number of ether oxygens (including phenoxy) is 4. The lowest BCUT2D eigenvalue weighted by Gasteiger charge is -2.29. The highest BCUT2D eigenvalue weighted by atomic mass is 16.6. The molecule has 1 fully saturated rings. The van der Waals surface area contributed by atoms with E-state index in [9.17, 15) is 14.4 Å². The van der Waals surface area contributed by atoms with Crippen molar-refractivity contribution in [2.45, 2.75) is 58.8 Å². The average Bonchev–Trinajstić information content (AvgIpc) is 3.20. The van der Waals surface area contributed by atoms with E-state index >= 15 is 0 Å². The van der Waals surface area contributed by atoms with Gasteiger partial charge in [-0.1, -0.05) is 60.7 Å². The Kier molecular flexibility index (Phi) is 8.28. The summed E-state index contributed by atoms with van der Waals surface area (Å²) in [6.07, 6.45) is -2.57. The van der Waals surface area contributed by atoms with Gasteiger partial charge in [0, 0.05) is 13.5 Å². The maximum absolute atomic E-state index is 13.1. The summed E-state index contributed by atoms with van der Waals surface area (Å²) < 4.78 is 22.1. The number of nitrogens with zero attached hydrogens (tertiary/aromatic N) is 1. The predicted octanol–water partition coefficient (Wildman–Crippen LogP) is 4.07. The van der Waals surface area contributed by atoms with E-state index in [0.717, 1.165) is 16.0 Å². The molecule has 0 saturated carbocycles. The van der Waals surface area contributed by atoms with Gasteiger partial charge in [0.15, 0.2) is 6.23 Å². The molecule has 0 radical (unpaired) electrons. The van der Waals surface area contributed by atoms with Crippen molar-refractivity contribution in [3.05, 3.63) is 71.8 Å². The van der Waals surface area contributed by atoms with Crippen LogP contribution >= 0.6 is 0 Å². The molecule has 1 heterocycles. The van der Waals surface area contributed by atoms with Crippen LogP contribution in [0.25, 0.3) is 0 Å². The van der Waals surface area contributed by atoms with Gasteiger partial charge in [-0.05, 0) is 31.9 Å². The molecule has 0 aromatic heterocycles. The van der Waals surface area contributed by atoms with E-state index in [1.54, 1.807) is 20.8 Å². The summed E-state index contributed by atoms with van der Waals surface area (Å²) in [5, 5.41) is 0. The number of esters is 2. The van der Waals surface area contributed by atoms with Crippen LogP contribution in [0.5, 0.6) is 0 Å². The fourth-order valence-electron chi connectivity index (χ4n) is 3.55. The van der Waals surface area contributed by atoms with E-state index in [-0.39, 0.29) is 19.6 Å². The van der Waals surface area contributed by atoms with Crippen LogP contribution in [0, 0.1) is 5.41 Å². The Morgan fingerprint density at radius 1 is 0.882 bits per heavy atom. The Hall–Kier alpha value is -3.39. The van der Waals surface area contributed by atoms with E-state index in [0.29, 0.717) is 0 Å². The second kappa shape index (κ2) is 11.2. The first-order valence-electron chi connectivity index (χ1n) is 11.1. The number of rotatable bonds is 7. The summed E-state index contributed by atoms with van der Waals surface area (Å²) in [4.78, 5) is 39.8. The van der Waals surface area contributed by atoms with Crippen molar-refractivity contribution in [3.8, 4) is 0 Å². The SMILES string of the molecule is CO[C@@H]1[C@@H](OC(=O)C(C)(C)C)C[C@@H](C(=O)OCc2ccccc2)N1C(=O)OCc1ccccc1. The number of hydrogen-bond acceptors (Lipinski definition) is 7. The van der Waals surface area contributed by atoms with Crippen LogP contribution in [-0.2, 0) is 41.8 Å². The lowest BCUT2D eigenvalue weighted by Crippen LogP contribution is -2.48. The Morgan fingerprint density at radius 3 is 1.91 bits per heavy atom. The van der Waals surface area contributed by atoms with E-state index in [1.807, 2.05) is 60.7 Å². The van der Waals surface area contributed by atoms with Crippen molar-refractivity contribution in [2.24, 2.45) is 5.41 Å². The molecule has 182 valence electrons. The molecule has 8 nitrogen and oxygen atoms in total. The van der Waals surface area contributed by atoms with Crippen LogP contribution < -0.4 is 0 Å². The molecule has 34 heavy (non-hydrogen) atoms. The number of amides is 1. The van der Waals surface area contributed by atoms with Crippen molar-refractivity contribution < 1.29 is 33.3 Å². The predicted molar refractivity (Wildman–Crippen MR) is 123 cm³/mol. The van der Waals surface area contributed by atoms with Crippen LogP contribution in [0.15, 0.2) is 60.7 Å². The van der Waals surface area contributed by atoms with Gasteiger partial charge in [-0.15, -0.1) is 0 Å². The monoisotopic (exact) mass is 469 g/mol. The van der Waals surface area contributed by atoms with E-state index < -0.39 is 41.8 Å². The van der Waals surface area contributed by atoms with E-state index in [4.69, 9.17) is 18.9 Å². The van der Waals surface area contributed by atoms with Crippen molar-refractivity contribution >= 4 is 18.0 Å². The number of benzene rings is 2. The highest BCUT2D eigenvalue weighted by Gasteiger charge is 2.51. The number of carbonyl (C=O) groups is 3. The third-order valence-electron chi connectivity index (χ3n) is 5.41. The fraction of sp³-hybridized carbons (Fsp3) is 0.423. The van der Waals surface area contributed by atoms with Gasteiger partial charge in [0.05, 0.1) is 5.41 Å². The zero-order valence-electron chi connectivity index (χ0n) is 19.9. The third kappa shape index (κ3) is 6.35. The highest BCUT2D eigenvalue weighted by Crippen LogP contribution is 2.31. The van der Waals surface area contributed by atoms with Crippen LogP contribution in [0.2, 0.25) is 0 Å². The molecule has 2 aromatic rings. The first-order valence-corrected chi connectivity index (χ1v) is 11.1. The van der Waals surface area contributed by atoms with E-state index in [2.05, 4.69) is 0 Å². The van der Waals surface area contributed by atoms with Crippen molar-refractivity contribution in [2.75, 3.05) is 7.11 Å². The molecule has 1 aliphatic heterocycles. The average molecular weight is 470 g/mol. The van der Waals surface area contributed by atoms with Gasteiger partial charge < -0.3 is 18.9 Å². The summed E-state index contributed by atoms with van der Waals surface area (Å²) in [6, 6.07) is 17.4. The summed E-state index contributed by atoms with van der Waals surface area (Å²) in [7, 11) is 1.39. The topological polar surface area (TPSA) is 91.4 Å². The first kappa shape index (κ1) is 25.2. The van der Waals surface area contributed by atoms with Gasteiger partial charge in [-0.25, -0.2) is 9.59 Å². The minimum Gasteiger partial charge on any atom is -0.459 e. The lowest BCUT2D eigenvalue weighted by molar-refractivity contribution is -0.168. The van der Waals surface area contributed by atoms with E-state index in [1.165, 1.54) is 7.11 Å². The van der Waals surface area contributed by atoms with Crippen LogP contribution in [0.1, 0.15) is 38.3 Å². The van der Waals surface area contributed by atoms with Crippen LogP contribution in [-0.4, -0.2) is 48.4 Å². The maximum atomic E-state index is 13.1. The minimum atomic E-state index is -1.03. The second-order valence-corrected chi connectivity index (χ2v) is 9.11. The largest absolute Gasteiger partial charge is 0.459 e. The van der Waals surface area contributed by atoms with Gasteiger partial charge in [0.25, 0.3) is 0 Å². The molecular weight excluding hydrogens is 438 g/mol. The first-order chi connectivity index (χ1) is 16.2. The molecule has 1 amide bonds. The zero-order valence-corrected chi connectivity index (χ0v) is 19.9. The van der Waals surface area contributed by atoms with Crippen molar-refractivity contribution in [1.29, 1.82) is 0 Å². The number of carbonyl (C=O) groups excluding carboxylic acids is 3. The summed E-state index contributed by atoms with van der Waals surface area (Å²) in [6.45, 7) is 5.24. The smallest absolute Gasteiger partial charge is 0.413 e. The van der Waals surface area contributed by atoms with Gasteiger partial charge in [-0.2, -0.15) is 0 Å². The molecule has 2 aromatic carbocycles. The Labute approximate surface area is 199 Å². The third-order valence-corrected chi connectivity index (χ3v) is 5.41. The van der Waals surface area contributed by atoms with Gasteiger partial charge in [0.2, 0.25) is 0 Å². The quantitative estimate of drug-likeness (QED) is 0.446. The molecule has 1 aliphatic rings. The number of methoxy groups -OCH3 is 1. The minimum absolute atomic E-state index is 0.0187.